The fourth-order valence-corrected chi connectivity index (χ4v) is 3.44. The first-order chi connectivity index (χ1) is 13.3. The number of nitrogens with zero attached hydrogens (tertiary/aromatic N) is 3. The highest BCUT2D eigenvalue weighted by molar-refractivity contribution is 6.30. The van der Waals surface area contributed by atoms with Gasteiger partial charge < -0.3 is 0 Å². The van der Waals surface area contributed by atoms with Crippen LogP contribution in [-0.2, 0) is 0 Å². The van der Waals surface area contributed by atoms with Crippen molar-refractivity contribution in [3.63, 3.8) is 0 Å². The van der Waals surface area contributed by atoms with Crippen LogP contribution in [0.25, 0.3) is 44.3 Å². The van der Waals surface area contributed by atoms with E-state index >= 15 is 0 Å². The first kappa shape index (κ1) is 15.9. The third kappa shape index (κ3) is 2.92. The van der Waals surface area contributed by atoms with Gasteiger partial charge in [0.25, 0.3) is 0 Å². The van der Waals surface area contributed by atoms with Crippen molar-refractivity contribution in [2.45, 2.75) is 0 Å². The Balaban J connectivity index is 1.76. The Morgan fingerprint density at radius 3 is 1.89 bits per heavy atom. The van der Waals surface area contributed by atoms with Gasteiger partial charge >= 0.3 is 0 Å². The first-order valence-corrected chi connectivity index (χ1v) is 9.03. The maximum absolute atomic E-state index is 6.15. The molecule has 4 heteroatoms. The van der Waals surface area contributed by atoms with Crippen LogP contribution in [0.15, 0.2) is 85.2 Å². The van der Waals surface area contributed by atoms with Gasteiger partial charge in [-0.1, -0.05) is 48.0 Å². The molecule has 0 bridgehead atoms. The molecule has 0 saturated heterocycles. The standard InChI is InChI=1S/C23H14ClN3/c24-19-5-1-3-17(13-19)20-10-8-15-6-7-16-9-11-21(18-4-2-12-25-14-18)27-23(16)22(15)26-20/h1-14H. The molecule has 5 rings (SSSR count). The minimum atomic E-state index is 0.698. The Labute approximate surface area is 161 Å². The number of benzene rings is 2. The van der Waals surface area contributed by atoms with E-state index in [1.165, 1.54) is 0 Å². The monoisotopic (exact) mass is 367 g/mol. The van der Waals surface area contributed by atoms with Crippen LogP contribution in [0, 0.1) is 0 Å². The minimum absolute atomic E-state index is 0.698. The van der Waals surface area contributed by atoms with Crippen molar-refractivity contribution >= 4 is 33.4 Å². The van der Waals surface area contributed by atoms with Gasteiger partial charge in [-0.3, -0.25) is 4.98 Å². The smallest absolute Gasteiger partial charge is 0.0972 e. The second-order valence-electron chi connectivity index (χ2n) is 6.35. The van der Waals surface area contributed by atoms with E-state index < -0.39 is 0 Å². The van der Waals surface area contributed by atoms with Crippen molar-refractivity contribution in [3.8, 4) is 22.5 Å². The molecule has 0 aliphatic carbocycles. The van der Waals surface area contributed by atoms with Gasteiger partial charge in [0, 0.05) is 39.3 Å². The molecule has 3 nitrogen and oxygen atoms in total. The van der Waals surface area contributed by atoms with Crippen LogP contribution < -0.4 is 0 Å². The van der Waals surface area contributed by atoms with E-state index in [1.807, 2.05) is 54.7 Å². The van der Waals surface area contributed by atoms with E-state index in [0.29, 0.717) is 5.02 Å². The lowest BCUT2D eigenvalue weighted by molar-refractivity contribution is 1.30. The van der Waals surface area contributed by atoms with Crippen molar-refractivity contribution in [2.24, 2.45) is 0 Å². The number of pyridine rings is 3. The van der Waals surface area contributed by atoms with Gasteiger partial charge in [0.1, 0.15) is 0 Å². The lowest BCUT2D eigenvalue weighted by atomic mass is 10.1. The summed E-state index contributed by atoms with van der Waals surface area (Å²) in [5.74, 6) is 0. The van der Waals surface area contributed by atoms with Gasteiger partial charge in [-0.25, -0.2) is 9.97 Å². The molecule has 0 N–H and O–H groups in total. The van der Waals surface area contributed by atoms with Crippen molar-refractivity contribution in [2.75, 3.05) is 0 Å². The lowest BCUT2D eigenvalue weighted by Crippen LogP contribution is -1.91. The number of halogens is 1. The number of hydrogen-bond donors (Lipinski definition) is 0. The van der Waals surface area contributed by atoms with E-state index in [4.69, 9.17) is 21.6 Å². The molecule has 0 aliphatic heterocycles. The van der Waals surface area contributed by atoms with Gasteiger partial charge in [0.15, 0.2) is 0 Å². The molecule has 0 radical (unpaired) electrons. The molecule has 27 heavy (non-hydrogen) atoms. The Kier molecular flexibility index (Phi) is 3.80. The van der Waals surface area contributed by atoms with Crippen LogP contribution in [-0.4, -0.2) is 15.0 Å². The molecule has 0 unspecified atom stereocenters. The molecule has 0 saturated carbocycles. The van der Waals surface area contributed by atoms with E-state index in [1.54, 1.807) is 6.20 Å². The largest absolute Gasteiger partial charge is 0.264 e. The Morgan fingerprint density at radius 2 is 1.26 bits per heavy atom. The molecule has 0 atom stereocenters. The zero-order valence-corrected chi connectivity index (χ0v) is 15.1. The molecule has 128 valence electrons. The summed E-state index contributed by atoms with van der Waals surface area (Å²) in [5, 5.41) is 2.82. The van der Waals surface area contributed by atoms with Crippen molar-refractivity contribution in [1.82, 2.24) is 15.0 Å². The fraction of sp³-hybridized carbons (Fsp3) is 0. The molecular weight excluding hydrogens is 354 g/mol. The van der Waals surface area contributed by atoms with Crippen molar-refractivity contribution in [3.05, 3.63) is 90.2 Å². The average Bonchev–Trinajstić information content (AvgIpc) is 2.73. The molecule has 0 spiro atoms. The fourth-order valence-electron chi connectivity index (χ4n) is 3.25. The maximum Gasteiger partial charge on any atom is 0.0972 e. The third-order valence-corrected chi connectivity index (χ3v) is 4.83. The highest BCUT2D eigenvalue weighted by Gasteiger charge is 2.09. The summed E-state index contributed by atoms with van der Waals surface area (Å²) >= 11 is 6.15. The highest BCUT2D eigenvalue weighted by atomic mass is 35.5. The van der Waals surface area contributed by atoms with E-state index in [-0.39, 0.29) is 0 Å². The van der Waals surface area contributed by atoms with Crippen molar-refractivity contribution in [1.29, 1.82) is 0 Å². The van der Waals surface area contributed by atoms with E-state index in [0.717, 1.165) is 44.3 Å². The van der Waals surface area contributed by atoms with Crippen LogP contribution in [0.1, 0.15) is 0 Å². The molecule has 5 aromatic rings. The highest BCUT2D eigenvalue weighted by Crippen LogP contribution is 2.29. The maximum atomic E-state index is 6.15. The molecule has 3 aromatic heterocycles. The number of aromatic nitrogens is 3. The second-order valence-corrected chi connectivity index (χ2v) is 6.79. The Morgan fingerprint density at radius 1 is 0.630 bits per heavy atom. The van der Waals surface area contributed by atoms with Crippen LogP contribution in [0.3, 0.4) is 0 Å². The molecule has 0 fully saturated rings. The van der Waals surface area contributed by atoms with Crippen LogP contribution in [0.4, 0.5) is 0 Å². The molecule has 0 aliphatic rings. The summed E-state index contributed by atoms with van der Waals surface area (Å²) in [4.78, 5) is 14.0. The minimum Gasteiger partial charge on any atom is -0.264 e. The van der Waals surface area contributed by atoms with Crippen LogP contribution in [0.5, 0.6) is 0 Å². The summed E-state index contributed by atoms with van der Waals surface area (Å²) in [6.07, 6.45) is 3.59. The van der Waals surface area contributed by atoms with Crippen molar-refractivity contribution < 1.29 is 0 Å². The van der Waals surface area contributed by atoms with Gasteiger partial charge in [-0.2, -0.15) is 0 Å². The summed E-state index contributed by atoms with van der Waals surface area (Å²) < 4.78 is 0. The summed E-state index contributed by atoms with van der Waals surface area (Å²) in [7, 11) is 0. The Bertz CT molecular complexity index is 1280. The van der Waals surface area contributed by atoms with Gasteiger partial charge in [-0.05, 0) is 36.4 Å². The summed E-state index contributed by atoms with van der Waals surface area (Å²) in [6, 6.07) is 24.0. The molecule has 2 aromatic carbocycles. The zero-order valence-electron chi connectivity index (χ0n) is 14.3. The van der Waals surface area contributed by atoms with E-state index in [2.05, 4.69) is 29.2 Å². The lowest BCUT2D eigenvalue weighted by Gasteiger charge is -2.08. The number of fused-ring (bicyclic) bond motifs is 3. The first-order valence-electron chi connectivity index (χ1n) is 8.65. The van der Waals surface area contributed by atoms with Gasteiger partial charge in [0.05, 0.1) is 22.4 Å². The number of hydrogen-bond acceptors (Lipinski definition) is 3. The predicted molar refractivity (Wildman–Crippen MR) is 111 cm³/mol. The quantitative estimate of drug-likeness (QED) is 0.350. The SMILES string of the molecule is Clc1cccc(-c2ccc3ccc4ccc(-c5cccnc5)nc4c3n2)c1. The normalized spacial score (nSPS) is 11.1. The average molecular weight is 368 g/mol. The topological polar surface area (TPSA) is 38.7 Å². The van der Waals surface area contributed by atoms with Gasteiger partial charge in [0.2, 0.25) is 0 Å². The molecular formula is C23H14ClN3. The van der Waals surface area contributed by atoms with Crippen LogP contribution in [0.2, 0.25) is 5.02 Å². The van der Waals surface area contributed by atoms with E-state index in [9.17, 15) is 0 Å². The second kappa shape index (κ2) is 6.45. The van der Waals surface area contributed by atoms with Crippen LogP contribution >= 0.6 is 11.6 Å². The summed E-state index contributed by atoms with van der Waals surface area (Å²) in [6.45, 7) is 0. The van der Waals surface area contributed by atoms with Gasteiger partial charge in [-0.15, -0.1) is 0 Å². The molecule has 0 amide bonds. The zero-order chi connectivity index (χ0) is 18.2. The predicted octanol–water partition coefficient (Wildman–Crippen LogP) is 6.17. The number of rotatable bonds is 2. The Hall–Kier alpha value is -3.30. The molecule has 3 heterocycles. The third-order valence-electron chi connectivity index (χ3n) is 4.60. The summed E-state index contributed by atoms with van der Waals surface area (Å²) in [5.41, 5.74) is 5.52.